The molecule has 14 heavy (non-hydrogen) atoms. The molecule has 0 spiro atoms. The third kappa shape index (κ3) is 2.04. The first-order chi connectivity index (χ1) is 6.75. The molecule has 0 unspecified atom stereocenters. The number of halogens is 1. The molecule has 1 fully saturated rings. The minimum absolute atomic E-state index is 0.184. The van der Waals surface area contributed by atoms with Crippen LogP contribution in [0.4, 0.5) is 10.1 Å². The number of hydrogen-bond donors (Lipinski definition) is 2. The van der Waals surface area contributed by atoms with Crippen LogP contribution in [0, 0.1) is 11.7 Å². The lowest BCUT2D eigenvalue weighted by molar-refractivity contribution is 0.280. The van der Waals surface area contributed by atoms with Crippen LogP contribution in [0.5, 0.6) is 0 Å². The molecule has 1 aromatic carbocycles. The first kappa shape index (κ1) is 9.46. The highest BCUT2D eigenvalue weighted by atomic mass is 19.1. The van der Waals surface area contributed by atoms with Crippen molar-refractivity contribution in [3.05, 3.63) is 30.1 Å². The fraction of sp³-hybridized carbons (Fsp3) is 0.455. The van der Waals surface area contributed by atoms with E-state index in [1.165, 1.54) is 6.07 Å². The van der Waals surface area contributed by atoms with Crippen molar-refractivity contribution in [3.8, 4) is 0 Å². The van der Waals surface area contributed by atoms with Crippen LogP contribution in [0.2, 0.25) is 0 Å². The average molecular weight is 194 g/mol. The maximum Gasteiger partial charge on any atom is 0.146 e. The molecule has 0 aliphatic heterocycles. The van der Waals surface area contributed by atoms with E-state index in [0.29, 0.717) is 17.6 Å². The van der Waals surface area contributed by atoms with E-state index in [2.05, 4.69) is 5.32 Å². The molecular weight excluding hydrogens is 179 g/mol. The number of hydrogen-bond acceptors (Lipinski definition) is 2. The van der Waals surface area contributed by atoms with E-state index in [4.69, 9.17) is 5.73 Å². The highest BCUT2D eigenvalue weighted by Crippen LogP contribution is 2.26. The lowest BCUT2D eigenvalue weighted by atomic mass is 9.81. The number of rotatable bonds is 3. The zero-order valence-electron chi connectivity index (χ0n) is 8.04. The van der Waals surface area contributed by atoms with Gasteiger partial charge in [0.1, 0.15) is 5.82 Å². The highest BCUT2D eigenvalue weighted by molar-refractivity contribution is 5.44. The summed E-state index contributed by atoms with van der Waals surface area (Å²) in [5.41, 5.74) is 6.26. The summed E-state index contributed by atoms with van der Waals surface area (Å²) in [6.45, 7) is 0.828. The smallest absolute Gasteiger partial charge is 0.146 e. The summed E-state index contributed by atoms with van der Waals surface area (Å²) in [5, 5.41) is 3.10. The van der Waals surface area contributed by atoms with Gasteiger partial charge in [-0.2, -0.15) is 0 Å². The maximum atomic E-state index is 13.2. The molecule has 1 aromatic rings. The molecule has 1 saturated carbocycles. The summed E-state index contributed by atoms with van der Waals surface area (Å²) in [4.78, 5) is 0. The molecule has 1 aliphatic rings. The molecule has 0 radical (unpaired) electrons. The first-order valence-electron chi connectivity index (χ1n) is 4.99. The second-order valence-electron chi connectivity index (χ2n) is 3.96. The van der Waals surface area contributed by atoms with E-state index >= 15 is 0 Å². The SMILES string of the molecule is NC1CC(CNc2ccccc2F)C1. The number of nitrogens with one attached hydrogen (secondary N) is 1. The van der Waals surface area contributed by atoms with Crippen LogP contribution >= 0.6 is 0 Å². The van der Waals surface area contributed by atoms with Crippen molar-refractivity contribution in [3.63, 3.8) is 0 Å². The van der Waals surface area contributed by atoms with Crippen molar-refractivity contribution in [2.75, 3.05) is 11.9 Å². The largest absolute Gasteiger partial charge is 0.382 e. The second-order valence-corrected chi connectivity index (χ2v) is 3.96. The van der Waals surface area contributed by atoms with Crippen molar-refractivity contribution in [2.24, 2.45) is 11.7 Å². The van der Waals surface area contributed by atoms with Gasteiger partial charge in [0.25, 0.3) is 0 Å². The average Bonchev–Trinajstić information content (AvgIpc) is 2.13. The minimum Gasteiger partial charge on any atom is -0.382 e. The van der Waals surface area contributed by atoms with Crippen LogP contribution in [0.1, 0.15) is 12.8 Å². The summed E-state index contributed by atoms with van der Waals surface area (Å²) in [7, 11) is 0. The first-order valence-corrected chi connectivity index (χ1v) is 4.99. The van der Waals surface area contributed by atoms with Gasteiger partial charge in [-0.1, -0.05) is 12.1 Å². The van der Waals surface area contributed by atoms with Crippen molar-refractivity contribution in [1.82, 2.24) is 0 Å². The Morgan fingerprint density at radius 1 is 1.36 bits per heavy atom. The molecule has 0 saturated heterocycles. The standard InChI is InChI=1S/C11H15FN2/c12-10-3-1-2-4-11(10)14-7-8-5-9(13)6-8/h1-4,8-9,14H,5-7,13H2. The molecule has 2 nitrogen and oxygen atoms in total. The Hall–Kier alpha value is -1.09. The number of nitrogens with two attached hydrogens (primary N) is 1. The van der Waals surface area contributed by atoms with Crippen molar-refractivity contribution in [1.29, 1.82) is 0 Å². The van der Waals surface area contributed by atoms with Gasteiger partial charge in [0.15, 0.2) is 0 Å². The van der Waals surface area contributed by atoms with Gasteiger partial charge in [-0.3, -0.25) is 0 Å². The summed E-state index contributed by atoms with van der Waals surface area (Å²) >= 11 is 0. The number of para-hydroxylation sites is 1. The lowest BCUT2D eigenvalue weighted by Gasteiger charge is -2.32. The molecule has 76 valence electrons. The third-order valence-electron chi connectivity index (χ3n) is 2.73. The van der Waals surface area contributed by atoms with Gasteiger partial charge in [0.2, 0.25) is 0 Å². The van der Waals surface area contributed by atoms with Crippen LogP contribution in [-0.2, 0) is 0 Å². The monoisotopic (exact) mass is 194 g/mol. The minimum atomic E-state index is -0.184. The zero-order chi connectivity index (χ0) is 9.97. The maximum absolute atomic E-state index is 13.2. The van der Waals surface area contributed by atoms with Crippen LogP contribution in [0.15, 0.2) is 24.3 Å². The van der Waals surface area contributed by atoms with Crippen LogP contribution in [0.3, 0.4) is 0 Å². The Labute approximate surface area is 83.3 Å². The molecule has 0 aromatic heterocycles. The van der Waals surface area contributed by atoms with E-state index in [1.807, 2.05) is 6.07 Å². The van der Waals surface area contributed by atoms with Gasteiger partial charge in [-0.15, -0.1) is 0 Å². The van der Waals surface area contributed by atoms with Crippen LogP contribution < -0.4 is 11.1 Å². The topological polar surface area (TPSA) is 38.0 Å². The molecule has 0 heterocycles. The fourth-order valence-electron chi connectivity index (χ4n) is 1.81. The summed E-state index contributed by atoms with van der Waals surface area (Å²) in [5.74, 6) is 0.431. The molecule has 3 N–H and O–H groups in total. The molecular formula is C11H15FN2. The Bertz CT molecular complexity index is 308. The Kier molecular flexibility index (Phi) is 2.68. The van der Waals surface area contributed by atoms with E-state index < -0.39 is 0 Å². The van der Waals surface area contributed by atoms with Gasteiger partial charge in [0, 0.05) is 12.6 Å². The van der Waals surface area contributed by atoms with Crippen LogP contribution in [-0.4, -0.2) is 12.6 Å². The van der Waals surface area contributed by atoms with Crippen LogP contribution in [0.25, 0.3) is 0 Å². The summed E-state index contributed by atoms with van der Waals surface area (Å²) < 4.78 is 13.2. The fourth-order valence-corrected chi connectivity index (χ4v) is 1.81. The molecule has 2 rings (SSSR count). The Morgan fingerprint density at radius 2 is 2.07 bits per heavy atom. The van der Waals surface area contributed by atoms with Crippen molar-refractivity contribution >= 4 is 5.69 Å². The van der Waals surface area contributed by atoms with Crippen molar-refractivity contribution in [2.45, 2.75) is 18.9 Å². The highest BCUT2D eigenvalue weighted by Gasteiger charge is 2.25. The Morgan fingerprint density at radius 3 is 2.71 bits per heavy atom. The molecule has 0 amide bonds. The number of benzene rings is 1. The Balaban J connectivity index is 1.83. The third-order valence-corrected chi connectivity index (χ3v) is 2.73. The summed E-state index contributed by atoms with van der Waals surface area (Å²) in [6.07, 6.45) is 2.11. The molecule has 1 aliphatic carbocycles. The second kappa shape index (κ2) is 3.96. The summed E-state index contributed by atoms with van der Waals surface area (Å²) in [6, 6.07) is 7.11. The van der Waals surface area contributed by atoms with E-state index in [1.54, 1.807) is 12.1 Å². The lowest BCUT2D eigenvalue weighted by Crippen LogP contribution is -2.39. The zero-order valence-corrected chi connectivity index (χ0v) is 8.04. The van der Waals surface area contributed by atoms with Gasteiger partial charge in [-0.05, 0) is 30.9 Å². The van der Waals surface area contributed by atoms with E-state index in [0.717, 1.165) is 19.4 Å². The van der Waals surface area contributed by atoms with Gasteiger partial charge in [-0.25, -0.2) is 4.39 Å². The van der Waals surface area contributed by atoms with Gasteiger partial charge >= 0.3 is 0 Å². The molecule has 0 atom stereocenters. The van der Waals surface area contributed by atoms with E-state index in [-0.39, 0.29) is 5.82 Å². The predicted octanol–water partition coefficient (Wildman–Crippen LogP) is 1.97. The quantitative estimate of drug-likeness (QED) is 0.772. The molecule has 0 bridgehead atoms. The number of anilines is 1. The van der Waals surface area contributed by atoms with Gasteiger partial charge < -0.3 is 11.1 Å². The normalized spacial score (nSPS) is 25.6. The predicted molar refractivity (Wildman–Crippen MR) is 55.6 cm³/mol. The molecule has 3 heteroatoms. The van der Waals surface area contributed by atoms with Gasteiger partial charge in [0.05, 0.1) is 5.69 Å². The van der Waals surface area contributed by atoms with Crippen molar-refractivity contribution < 1.29 is 4.39 Å². The van der Waals surface area contributed by atoms with E-state index in [9.17, 15) is 4.39 Å².